The van der Waals surface area contributed by atoms with Gasteiger partial charge in [-0.1, -0.05) is 46.7 Å². The summed E-state index contributed by atoms with van der Waals surface area (Å²) in [5.41, 5.74) is 2.90. The fourth-order valence-corrected chi connectivity index (χ4v) is 5.04. The summed E-state index contributed by atoms with van der Waals surface area (Å²) in [6.45, 7) is 2.46. The smallest absolute Gasteiger partial charge is 0.229 e. The van der Waals surface area contributed by atoms with Crippen LogP contribution in [-0.2, 0) is 11.3 Å². The minimum atomic E-state index is 0.0328. The van der Waals surface area contributed by atoms with E-state index in [-0.39, 0.29) is 5.91 Å². The van der Waals surface area contributed by atoms with Crippen LogP contribution in [-0.4, -0.2) is 21.6 Å². The second-order valence-corrected chi connectivity index (χ2v) is 9.43. The van der Waals surface area contributed by atoms with Crippen molar-refractivity contribution in [2.45, 2.75) is 24.8 Å². The number of carbonyl (C=O) groups excluding carboxylic acids is 1. The molecule has 0 fully saturated rings. The molecule has 30 heavy (non-hydrogen) atoms. The lowest BCUT2D eigenvalue weighted by Crippen LogP contribution is -2.30. The van der Waals surface area contributed by atoms with E-state index in [0.29, 0.717) is 28.9 Å². The molecule has 1 amide bonds. The molecule has 4 aromatic rings. The van der Waals surface area contributed by atoms with Crippen molar-refractivity contribution in [3.63, 3.8) is 0 Å². The number of thiazole rings is 1. The summed E-state index contributed by atoms with van der Waals surface area (Å²) < 4.78 is 0.963. The maximum Gasteiger partial charge on any atom is 0.229 e. The molecule has 2 aromatic carbocycles. The van der Waals surface area contributed by atoms with Gasteiger partial charge in [-0.15, -0.1) is 11.8 Å². The van der Waals surface area contributed by atoms with Crippen molar-refractivity contribution >= 4 is 56.0 Å². The number of pyridine rings is 1. The van der Waals surface area contributed by atoms with Gasteiger partial charge in [0.1, 0.15) is 0 Å². The number of benzene rings is 2. The largest absolute Gasteiger partial charge is 0.282 e. The molecule has 0 saturated carbocycles. The summed E-state index contributed by atoms with van der Waals surface area (Å²) in [7, 11) is 0. The molecule has 2 aromatic heterocycles. The quantitative estimate of drug-likeness (QED) is 0.305. The second-order valence-electron chi connectivity index (χ2n) is 6.82. The Labute approximate surface area is 188 Å². The summed E-state index contributed by atoms with van der Waals surface area (Å²) in [5, 5.41) is 1.33. The van der Waals surface area contributed by atoms with E-state index < -0.39 is 0 Å². The first kappa shape index (κ1) is 20.8. The van der Waals surface area contributed by atoms with Crippen LogP contribution in [0.25, 0.3) is 10.2 Å². The van der Waals surface area contributed by atoms with Gasteiger partial charge in [0.05, 0.1) is 22.5 Å². The van der Waals surface area contributed by atoms with Crippen LogP contribution in [0.2, 0.25) is 5.02 Å². The third kappa shape index (κ3) is 5.19. The molecule has 0 saturated heterocycles. The lowest BCUT2D eigenvalue weighted by atomic mass is 10.2. The van der Waals surface area contributed by atoms with E-state index >= 15 is 0 Å². The summed E-state index contributed by atoms with van der Waals surface area (Å²) in [6, 6.07) is 19.7. The van der Waals surface area contributed by atoms with Crippen molar-refractivity contribution in [3.05, 3.63) is 83.1 Å². The van der Waals surface area contributed by atoms with Gasteiger partial charge in [0.15, 0.2) is 5.13 Å². The Bertz CT molecular complexity index is 1150. The van der Waals surface area contributed by atoms with Gasteiger partial charge in [0, 0.05) is 28.3 Å². The van der Waals surface area contributed by atoms with Crippen LogP contribution in [0, 0.1) is 6.92 Å². The SMILES string of the molecule is Cc1ccc(SCCC(=O)N(Cc2ccccn2)c2nc3ccc(Cl)cc3s2)cc1. The maximum atomic E-state index is 13.2. The number of anilines is 1. The normalized spacial score (nSPS) is 11.0. The number of aromatic nitrogens is 2. The maximum absolute atomic E-state index is 13.2. The van der Waals surface area contributed by atoms with Gasteiger partial charge in [-0.25, -0.2) is 4.98 Å². The zero-order valence-corrected chi connectivity index (χ0v) is 18.8. The highest BCUT2D eigenvalue weighted by Gasteiger charge is 2.20. The Balaban J connectivity index is 1.52. The highest BCUT2D eigenvalue weighted by atomic mass is 35.5. The summed E-state index contributed by atoms with van der Waals surface area (Å²) in [6.07, 6.45) is 2.16. The van der Waals surface area contributed by atoms with Gasteiger partial charge in [0.25, 0.3) is 0 Å². The predicted octanol–water partition coefficient (Wildman–Crippen LogP) is 6.37. The zero-order valence-electron chi connectivity index (χ0n) is 16.4. The number of aryl methyl sites for hydroxylation is 1. The standard InChI is InChI=1S/C23H20ClN3OS2/c1-16-5-8-19(9-6-16)29-13-11-22(28)27(15-18-4-2-3-12-25-18)23-26-20-10-7-17(24)14-21(20)30-23/h2-10,12,14H,11,13,15H2,1H3. The van der Waals surface area contributed by atoms with Crippen LogP contribution in [0.15, 0.2) is 71.8 Å². The van der Waals surface area contributed by atoms with Crippen molar-refractivity contribution in [1.29, 1.82) is 0 Å². The van der Waals surface area contributed by atoms with Crippen molar-refractivity contribution < 1.29 is 4.79 Å². The van der Waals surface area contributed by atoms with Gasteiger partial charge in [-0.3, -0.25) is 14.7 Å². The first-order valence-electron chi connectivity index (χ1n) is 9.54. The highest BCUT2D eigenvalue weighted by Crippen LogP contribution is 2.32. The van der Waals surface area contributed by atoms with Gasteiger partial charge in [-0.2, -0.15) is 0 Å². The Morgan fingerprint density at radius 1 is 1.13 bits per heavy atom. The van der Waals surface area contributed by atoms with E-state index in [4.69, 9.17) is 11.6 Å². The Morgan fingerprint density at radius 2 is 1.97 bits per heavy atom. The molecule has 0 aliphatic rings. The minimum Gasteiger partial charge on any atom is -0.282 e. The van der Waals surface area contributed by atoms with E-state index in [9.17, 15) is 4.79 Å². The number of hydrogen-bond donors (Lipinski definition) is 0. The van der Waals surface area contributed by atoms with Crippen LogP contribution in [0.4, 0.5) is 5.13 Å². The molecule has 0 aliphatic heterocycles. The number of nitrogens with zero attached hydrogens (tertiary/aromatic N) is 3. The first-order valence-corrected chi connectivity index (χ1v) is 11.7. The summed E-state index contributed by atoms with van der Waals surface area (Å²) in [4.78, 5) is 25.1. The van der Waals surface area contributed by atoms with Crippen LogP contribution < -0.4 is 4.90 Å². The molecule has 0 radical (unpaired) electrons. The topological polar surface area (TPSA) is 46.1 Å². The second kappa shape index (κ2) is 9.60. The average molecular weight is 454 g/mol. The van der Waals surface area contributed by atoms with E-state index in [1.807, 2.05) is 36.4 Å². The third-order valence-electron chi connectivity index (χ3n) is 4.52. The van der Waals surface area contributed by atoms with Crippen molar-refractivity contribution in [2.75, 3.05) is 10.7 Å². The zero-order chi connectivity index (χ0) is 20.9. The number of fused-ring (bicyclic) bond motifs is 1. The monoisotopic (exact) mass is 453 g/mol. The Hall–Kier alpha value is -2.41. The van der Waals surface area contributed by atoms with E-state index in [2.05, 4.69) is 41.2 Å². The Morgan fingerprint density at radius 3 is 2.73 bits per heavy atom. The lowest BCUT2D eigenvalue weighted by Gasteiger charge is -2.19. The molecule has 0 spiro atoms. The molecule has 0 N–H and O–H groups in total. The molecule has 0 unspecified atom stereocenters. The molecule has 0 atom stereocenters. The molecule has 4 rings (SSSR count). The molecule has 152 valence electrons. The Kier molecular flexibility index (Phi) is 6.67. The van der Waals surface area contributed by atoms with Crippen LogP contribution in [0.3, 0.4) is 0 Å². The fraction of sp³-hybridized carbons (Fsp3) is 0.174. The molecule has 0 bridgehead atoms. The van der Waals surface area contributed by atoms with Crippen LogP contribution in [0.5, 0.6) is 0 Å². The minimum absolute atomic E-state index is 0.0328. The number of halogens is 1. The van der Waals surface area contributed by atoms with Crippen molar-refractivity contribution in [2.24, 2.45) is 0 Å². The van der Waals surface area contributed by atoms with Crippen molar-refractivity contribution in [1.82, 2.24) is 9.97 Å². The lowest BCUT2D eigenvalue weighted by molar-refractivity contribution is -0.118. The van der Waals surface area contributed by atoms with Crippen LogP contribution in [0.1, 0.15) is 17.7 Å². The predicted molar refractivity (Wildman–Crippen MR) is 127 cm³/mol. The van der Waals surface area contributed by atoms with Gasteiger partial charge >= 0.3 is 0 Å². The summed E-state index contributed by atoms with van der Waals surface area (Å²) >= 11 is 9.28. The highest BCUT2D eigenvalue weighted by molar-refractivity contribution is 7.99. The fourth-order valence-electron chi connectivity index (χ4n) is 2.94. The van der Waals surface area contributed by atoms with Gasteiger partial charge in [0.2, 0.25) is 5.91 Å². The van der Waals surface area contributed by atoms with E-state index in [1.165, 1.54) is 21.8 Å². The van der Waals surface area contributed by atoms with Gasteiger partial charge in [-0.05, 0) is 49.4 Å². The number of thioether (sulfide) groups is 1. The van der Waals surface area contributed by atoms with Crippen LogP contribution >= 0.6 is 34.7 Å². The van der Waals surface area contributed by atoms with E-state index in [1.54, 1.807) is 22.9 Å². The molecule has 7 heteroatoms. The molecule has 2 heterocycles. The van der Waals surface area contributed by atoms with E-state index in [0.717, 1.165) is 15.9 Å². The molecule has 4 nitrogen and oxygen atoms in total. The first-order chi connectivity index (χ1) is 14.6. The molecular formula is C23H20ClN3OS2. The van der Waals surface area contributed by atoms with Gasteiger partial charge < -0.3 is 0 Å². The average Bonchev–Trinajstić information content (AvgIpc) is 3.17. The van der Waals surface area contributed by atoms with Crippen molar-refractivity contribution in [3.8, 4) is 0 Å². The number of carbonyl (C=O) groups is 1. The number of amides is 1. The molecule has 0 aliphatic carbocycles. The third-order valence-corrected chi connectivity index (χ3v) is 6.81. The molecular weight excluding hydrogens is 434 g/mol. The summed E-state index contributed by atoms with van der Waals surface area (Å²) in [5.74, 6) is 0.738. The number of rotatable bonds is 7. The number of hydrogen-bond acceptors (Lipinski definition) is 5.